The van der Waals surface area contributed by atoms with Crippen LogP contribution in [-0.4, -0.2) is 11.4 Å². The third-order valence-corrected chi connectivity index (χ3v) is 2.07. The fourth-order valence-corrected chi connectivity index (χ4v) is 1.06. The molecule has 0 saturated heterocycles. The zero-order valence-corrected chi connectivity index (χ0v) is 7.38. The van der Waals surface area contributed by atoms with Crippen LogP contribution in [0, 0.1) is 6.92 Å². The molecule has 0 spiro atoms. The van der Waals surface area contributed by atoms with E-state index in [2.05, 4.69) is 0 Å². The average molecular weight is 185 g/mol. The second-order valence-corrected chi connectivity index (χ2v) is 3.00. The molecule has 0 aliphatic rings. The summed E-state index contributed by atoms with van der Waals surface area (Å²) in [7, 11) is 0. The van der Waals surface area contributed by atoms with Gasteiger partial charge in [0.1, 0.15) is 6.10 Å². The Morgan fingerprint density at radius 1 is 1.58 bits per heavy atom. The van der Waals surface area contributed by atoms with Gasteiger partial charge in [-0.2, -0.15) is 0 Å². The maximum Gasteiger partial charge on any atom is 0.153 e. The van der Waals surface area contributed by atoms with Gasteiger partial charge in [-0.25, -0.2) is 0 Å². The van der Waals surface area contributed by atoms with Gasteiger partial charge in [-0.1, -0.05) is 23.7 Å². The molecule has 2 nitrogen and oxygen atoms in total. The highest BCUT2D eigenvalue weighted by Crippen LogP contribution is 2.20. The summed E-state index contributed by atoms with van der Waals surface area (Å²) in [6, 6.07) is 5.04. The molecule has 0 amide bonds. The second-order valence-electron chi connectivity index (χ2n) is 2.59. The smallest absolute Gasteiger partial charge is 0.153 e. The summed E-state index contributed by atoms with van der Waals surface area (Å²) >= 11 is 5.79. The van der Waals surface area contributed by atoms with Crippen LogP contribution in [-0.2, 0) is 4.79 Å². The molecule has 1 unspecified atom stereocenters. The first-order chi connectivity index (χ1) is 5.65. The highest BCUT2D eigenvalue weighted by atomic mass is 35.5. The highest BCUT2D eigenvalue weighted by Gasteiger charge is 2.06. The number of aryl methyl sites for hydroxylation is 1. The largest absolute Gasteiger partial charge is 0.381 e. The van der Waals surface area contributed by atoms with Gasteiger partial charge in [-0.15, -0.1) is 0 Å². The lowest BCUT2D eigenvalue weighted by molar-refractivity contribution is -0.115. The van der Waals surface area contributed by atoms with E-state index in [0.29, 0.717) is 16.9 Å². The van der Waals surface area contributed by atoms with Gasteiger partial charge in [-0.3, -0.25) is 0 Å². The number of hydrogen-bond donors (Lipinski definition) is 1. The Bertz CT molecular complexity index is 297. The van der Waals surface area contributed by atoms with Crippen LogP contribution in [0.4, 0.5) is 0 Å². The van der Waals surface area contributed by atoms with E-state index in [1.54, 1.807) is 18.2 Å². The molecule has 3 heteroatoms. The van der Waals surface area contributed by atoms with Crippen molar-refractivity contribution in [2.24, 2.45) is 0 Å². The predicted molar refractivity (Wildman–Crippen MR) is 47.2 cm³/mol. The molecule has 1 aromatic carbocycles. The van der Waals surface area contributed by atoms with Crippen molar-refractivity contribution >= 4 is 17.9 Å². The number of aliphatic hydroxyl groups excluding tert-OH is 1. The summed E-state index contributed by atoms with van der Waals surface area (Å²) in [5, 5.41) is 9.68. The van der Waals surface area contributed by atoms with E-state index in [-0.39, 0.29) is 0 Å². The fraction of sp³-hybridized carbons (Fsp3) is 0.222. The summed E-state index contributed by atoms with van der Waals surface area (Å²) < 4.78 is 0. The van der Waals surface area contributed by atoms with E-state index in [0.717, 1.165) is 5.56 Å². The normalized spacial score (nSPS) is 12.6. The Hall–Kier alpha value is -0.860. The van der Waals surface area contributed by atoms with Crippen LogP contribution in [0.25, 0.3) is 0 Å². The molecule has 0 aromatic heterocycles. The van der Waals surface area contributed by atoms with Crippen molar-refractivity contribution in [2.45, 2.75) is 13.0 Å². The third kappa shape index (κ3) is 1.84. The zero-order chi connectivity index (χ0) is 9.14. The Morgan fingerprint density at radius 3 is 2.75 bits per heavy atom. The molecule has 1 rings (SSSR count). The van der Waals surface area contributed by atoms with Gasteiger partial charge >= 0.3 is 0 Å². The van der Waals surface area contributed by atoms with Gasteiger partial charge in [0.25, 0.3) is 0 Å². The number of aliphatic hydroxyl groups is 1. The van der Waals surface area contributed by atoms with Crippen LogP contribution in [0.3, 0.4) is 0 Å². The van der Waals surface area contributed by atoms with E-state index in [1.807, 2.05) is 6.92 Å². The van der Waals surface area contributed by atoms with Crippen molar-refractivity contribution in [3.8, 4) is 0 Å². The minimum absolute atomic E-state index is 0.473. The van der Waals surface area contributed by atoms with E-state index in [4.69, 9.17) is 16.7 Å². The van der Waals surface area contributed by atoms with E-state index >= 15 is 0 Å². The molecule has 0 radical (unpaired) electrons. The Kier molecular flexibility index (Phi) is 2.84. The second kappa shape index (κ2) is 3.70. The highest BCUT2D eigenvalue weighted by molar-refractivity contribution is 6.31. The Balaban J connectivity index is 3.04. The number of hydrogen-bond acceptors (Lipinski definition) is 2. The van der Waals surface area contributed by atoms with Crippen molar-refractivity contribution in [3.05, 3.63) is 34.3 Å². The summed E-state index contributed by atoms with van der Waals surface area (Å²) in [6.45, 7) is 1.86. The Morgan fingerprint density at radius 2 is 2.25 bits per heavy atom. The molecule has 0 fully saturated rings. The van der Waals surface area contributed by atoms with Gasteiger partial charge in [0.05, 0.1) is 0 Å². The number of carbonyl (C=O) groups is 1. The van der Waals surface area contributed by atoms with Gasteiger partial charge < -0.3 is 9.90 Å². The molecule has 0 saturated carbocycles. The van der Waals surface area contributed by atoms with Crippen LogP contribution in [0.15, 0.2) is 18.2 Å². The molecule has 0 aliphatic heterocycles. The molecule has 0 heterocycles. The third-order valence-electron chi connectivity index (χ3n) is 1.67. The van der Waals surface area contributed by atoms with Gasteiger partial charge in [0.15, 0.2) is 6.29 Å². The average Bonchev–Trinajstić information content (AvgIpc) is 2.08. The lowest BCUT2D eigenvalue weighted by Crippen LogP contribution is -1.97. The first-order valence-corrected chi connectivity index (χ1v) is 3.92. The summed E-state index contributed by atoms with van der Waals surface area (Å²) in [5.41, 5.74) is 1.46. The number of halogens is 1. The van der Waals surface area contributed by atoms with Crippen molar-refractivity contribution in [1.29, 1.82) is 0 Å². The molecule has 1 N–H and O–H groups in total. The molecule has 0 bridgehead atoms. The summed E-state index contributed by atoms with van der Waals surface area (Å²) in [4.78, 5) is 10.2. The quantitative estimate of drug-likeness (QED) is 0.713. The molecular formula is C9H9ClO2. The number of benzene rings is 1. The molecule has 1 atom stereocenters. The first kappa shape index (κ1) is 9.23. The predicted octanol–water partition coefficient (Wildman–Crippen LogP) is 1.88. The van der Waals surface area contributed by atoms with Gasteiger partial charge in [0.2, 0.25) is 0 Å². The maximum atomic E-state index is 10.2. The molecule has 1 aromatic rings. The fourth-order valence-electron chi connectivity index (χ4n) is 0.872. The standard InChI is InChI=1S/C9H9ClO2/c1-6-2-3-7(4-8(6)10)9(12)5-11/h2-5,9,12H,1H3. The van der Waals surface area contributed by atoms with Crippen LogP contribution >= 0.6 is 11.6 Å². The summed E-state index contributed by atoms with van der Waals surface area (Å²) in [6.07, 6.45) is -0.593. The van der Waals surface area contributed by atoms with Gasteiger partial charge in [0, 0.05) is 5.02 Å². The number of rotatable bonds is 2. The lowest BCUT2D eigenvalue weighted by atomic mass is 10.1. The van der Waals surface area contributed by atoms with E-state index < -0.39 is 6.10 Å². The summed E-state index contributed by atoms with van der Waals surface area (Å²) in [5.74, 6) is 0. The van der Waals surface area contributed by atoms with Crippen molar-refractivity contribution in [2.75, 3.05) is 0 Å². The van der Waals surface area contributed by atoms with Crippen molar-refractivity contribution in [3.63, 3.8) is 0 Å². The van der Waals surface area contributed by atoms with Crippen LogP contribution in [0.2, 0.25) is 5.02 Å². The number of carbonyl (C=O) groups excluding carboxylic acids is 1. The van der Waals surface area contributed by atoms with Crippen molar-refractivity contribution < 1.29 is 9.90 Å². The maximum absolute atomic E-state index is 10.2. The lowest BCUT2D eigenvalue weighted by Gasteiger charge is -2.04. The van der Waals surface area contributed by atoms with Crippen LogP contribution in [0.1, 0.15) is 17.2 Å². The van der Waals surface area contributed by atoms with Crippen LogP contribution in [0.5, 0.6) is 0 Å². The minimum atomic E-state index is -1.07. The minimum Gasteiger partial charge on any atom is -0.381 e. The SMILES string of the molecule is Cc1ccc(C(O)C=O)cc1Cl. The van der Waals surface area contributed by atoms with Crippen molar-refractivity contribution in [1.82, 2.24) is 0 Å². The van der Waals surface area contributed by atoms with E-state index in [9.17, 15) is 4.79 Å². The molecule has 0 aliphatic carbocycles. The Labute approximate surface area is 75.8 Å². The van der Waals surface area contributed by atoms with E-state index in [1.165, 1.54) is 0 Å². The molecule has 12 heavy (non-hydrogen) atoms. The zero-order valence-electron chi connectivity index (χ0n) is 6.62. The molecular weight excluding hydrogens is 176 g/mol. The monoisotopic (exact) mass is 184 g/mol. The van der Waals surface area contributed by atoms with Gasteiger partial charge in [-0.05, 0) is 24.1 Å². The van der Waals surface area contributed by atoms with Crippen LogP contribution < -0.4 is 0 Å². The topological polar surface area (TPSA) is 37.3 Å². The molecule has 64 valence electrons. The first-order valence-electron chi connectivity index (χ1n) is 3.54. The number of aldehydes is 1.